The lowest BCUT2D eigenvalue weighted by Crippen LogP contribution is -2.29. The van der Waals surface area contributed by atoms with Gasteiger partial charge < -0.3 is 10.1 Å². The summed E-state index contributed by atoms with van der Waals surface area (Å²) in [4.78, 5) is 23.7. The van der Waals surface area contributed by atoms with Gasteiger partial charge in [-0.3, -0.25) is 9.10 Å². The van der Waals surface area contributed by atoms with Gasteiger partial charge in [-0.15, -0.1) is 0 Å². The summed E-state index contributed by atoms with van der Waals surface area (Å²) in [6.45, 7) is 1.89. The van der Waals surface area contributed by atoms with Gasteiger partial charge in [0.05, 0.1) is 21.2 Å². The first-order chi connectivity index (χ1) is 13.3. The number of rotatable bonds is 8. The van der Waals surface area contributed by atoms with E-state index in [0.717, 1.165) is 16.8 Å². The normalized spacial score (nSPS) is 11.0. The number of carbonyl (C=O) groups is 2. The third-order valence-electron chi connectivity index (χ3n) is 3.84. The topological polar surface area (TPSA) is 92.8 Å². The lowest BCUT2D eigenvalue weighted by atomic mass is 10.2. The Balaban J connectivity index is 2.22. The second-order valence-corrected chi connectivity index (χ2v) is 8.25. The van der Waals surface area contributed by atoms with Crippen LogP contribution in [0.5, 0.6) is 0 Å². The van der Waals surface area contributed by atoms with E-state index in [1.807, 2.05) is 6.92 Å². The molecule has 0 spiro atoms. The van der Waals surface area contributed by atoms with Gasteiger partial charge in [0.15, 0.2) is 6.61 Å². The molecule has 2 rings (SSSR count). The first kappa shape index (κ1) is 21.7. The summed E-state index contributed by atoms with van der Waals surface area (Å²) >= 11 is 6.03. The standard InChI is InChI=1S/C19H21ClN2O5S/c1-3-11-21-18(23)13-27-19(24)16-12-15(9-10-17(16)20)28(25,26)22(2)14-7-5-4-6-8-14/h4-10,12H,3,11,13H2,1-2H3,(H,21,23). The highest BCUT2D eigenvalue weighted by atomic mass is 35.5. The molecule has 0 bridgehead atoms. The molecular formula is C19H21ClN2O5S. The van der Waals surface area contributed by atoms with Crippen molar-refractivity contribution in [3.8, 4) is 0 Å². The Morgan fingerprint density at radius 1 is 1.14 bits per heavy atom. The molecule has 1 N–H and O–H groups in total. The summed E-state index contributed by atoms with van der Waals surface area (Å²) in [5, 5.41) is 2.60. The summed E-state index contributed by atoms with van der Waals surface area (Å²) in [6, 6.07) is 12.3. The Bertz CT molecular complexity index is 948. The van der Waals surface area contributed by atoms with Gasteiger partial charge in [-0.05, 0) is 36.8 Å². The Morgan fingerprint density at radius 2 is 1.82 bits per heavy atom. The largest absolute Gasteiger partial charge is 0.452 e. The highest BCUT2D eigenvalue weighted by molar-refractivity contribution is 7.92. The molecule has 28 heavy (non-hydrogen) atoms. The molecule has 0 fully saturated rings. The van der Waals surface area contributed by atoms with E-state index >= 15 is 0 Å². The maximum absolute atomic E-state index is 12.9. The molecular weight excluding hydrogens is 404 g/mol. The zero-order valence-corrected chi connectivity index (χ0v) is 17.1. The molecule has 2 aromatic rings. The van der Waals surface area contributed by atoms with Crippen molar-refractivity contribution in [1.29, 1.82) is 0 Å². The van der Waals surface area contributed by atoms with Crippen molar-refractivity contribution in [1.82, 2.24) is 5.32 Å². The lowest BCUT2D eigenvalue weighted by molar-refractivity contribution is -0.124. The number of sulfonamides is 1. The third kappa shape index (κ3) is 5.24. The van der Waals surface area contributed by atoms with Crippen molar-refractivity contribution in [2.75, 3.05) is 24.5 Å². The summed E-state index contributed by atoms with van der Waals surface area (Å²) in [5.41, 5.74) is 0.335. The highest BCUT2D eigenvalue weighted by Crippen LogP contribution is 2.26. The molecule has 0 saturated carbocycles. The fourth-order valence-electron chi connectivity index (χ4n) is 2.28. The number of nitrogens with one attached hydrogen (secondary N) is 1. The number of halogens is 1. The molecule has 0 unspecified atom stereocenters. The first-order valence-electron chi connectivity index (χ1n) is 8.54. The lowest BCUT2D eigenvalue weighted by Gasteiger charge is -2.20. The monoisotopic (exact) mass is 424 g/mol. The van der Waals surface area contributed by atoms with Crippen LogP contribution < -0.4 is 9.62 Å². The van der Waals surface area contributed by atoms with Gasteiger partial charge in [-0.25, -0.2) is 13.2 Å². The van der Waals surface area contributed by atoms with Crippen LogP contribution in [0.1, 0.15) is 23.7 Å². The smallest absolute Gasteiger partial charge is 0.340 e. The van der Waals surface area contributed by atoms with Crippen LogP contribution in [0.4, 0.5) is 5.69 Å². The predicted molar refractivity (Wildman–Crippen MR) is 107 cm³/mol. The van der Waals surface area contributed by atoms with E-state index < -0.39 is 28.5 Å². The second-order valence-electron chi connectivity index (χ2n) is 5.88. The number of amides is 1. The molecule has 2 aromatic carbocycles. The van der Waals surface area contributed by atoms with Gasteiger partial charge in [0.1, 0.15) is 0 Å². The molecule has 7 nitrogen and oxygen atoms in total. The van der Waals surface area contributed by atoms with Crippen LogP contribution in [0.25, 0.3) is 0 Å². The van der Waals surface area contributed by atoms with Gasteiger partial charge in [-0.1, -0.05) is 36.7 Å². The predicted octanol–water partition coefficient (Wildman–Crippen LogP) is 2.85. The number of esters is 1. The van der Waals surface area contributed by atoms with Gasteiger partial charge in [0, 0.05) is 13.6 Å². The van der Waals surface area contributed by atoms with Crippen molar-refractivity contribution in [2.24, 2.45) is 0 Å². The average Bonchev–Trinajstić information content (AvgIpc) is 2.70. The minimum absolute atomic E-state index is 0.0280. The highest BCUT2D eigenvalue weighted by Gasteiger charge is 2.24. The Morgan fingerprint density at radius 3 is 2.46 bits per heavy atom. The molecule has 0 aliphatic carbocycles. The SMILES string of the molecule is CCCNC(=O)COC(=O)c1cc(S(=O)(=O)N(C)c2ccccc2)ccc1Cl. The van der Waals surface area contributed by atoms with Crippen LogP contribution in [-0.2, 0) is 19.6 Å². The van der Waals surface area contributed by atoms with E-state index in [4.69, 9.17) is 16.3 Å². The second kappa shape index (κ2) is 9.57. The quantitative estimate of drug-likeness (QED) is 0.658. The Kier molecular flexibility index (Phi) is 7.42. The van der Waals surface area contributed by atoms with Crippen molar-refractivity contribution >= 4 is 39.2 Å². The molecule has 0 saturated heterocycles. The maximum Gasteiger partial charge on any atom is 0.340 e. The fourth-order valence-corrected chi connectivity index (χ4v) is 3.70. The minimum atomic E-state index is -3.92. The summed E-state index contributed by atoms with van der Waals surface area (Å²) in [7, 11) is -2.51. The van der Waals surface area contributed by atoms with Gasteiger partial charge >= 0.3 is 5.97 Å². The molecule has 150 valence electrons. The molecule has 1 amide bonds. The van der Waals surface area contributed by atoms with Gasteiger partial charge in [-0.2, -0.15) is 0 Å². The van der Waals surface area contributed by atoms with Crippen LogP contribution in [0.15, 0.2) is 53.4 Å². The number of anilines is 1. The molecule has 0 aromatic heterocycles. The fraction of sp³-hybridized carbons (Fsp3) is 0.263. The molecule has 0 atom stereocenters. The van der Waals surface area contributed by atoms with Crippen molar-refractivity contribution in [3.05, 3.63) is 59.1 Å². The van der Waals surface area contributed by atoms with Gasteiger partial charge in [0.25, 0.3) is 15.9 Å². The number of para-hydroxylation sites is 1. The number of hydrogen-bond acceptors (Lipinski definition) is 5. The molecule has 0 aliphatic rings. The number of carbonyl (C=O) groups excluding carboxylic acids is 2. The van der Waals surface area contributed by atoms with Crippen molar-refractivity contribution < 1.29 is 22.7 Å². The van der Waals surface area contributed by atoms with Crippen molar-refractivity contribution in [2.45, 2.75) is 18.2 Å². The van der Waals surface area contributed by atoms with Crippen LogP contribution >= 0.6 is 11.6 Å². The minimum Gasteiger partial charge on any atom is -0.452 e. The summed E-state index contributed by atoms with van der Waals surface area (Å²) in [5.74, 6) is -1.32. The van der Waals surface area contributed by atoms with Crippen molar-refractivity contribution in [3.63, 3.8) is 0 Å². The molecule has 0 heterocycles. The van der Waals surface area contributed by atoms with Gasteiger partial charge in [0.2, 0.25) is 0 Å². The average molecular weight is 425 g/mol. The maximum atomic E-state index is 12.9. The molecule has 0 radical (unpaired) electrons. The number of hydrogen-bond donors (Lipinski definition) is 1. The van der Waals surface area contributed by atoms with Crippen LogP contribution in [0.2, 0.25) is 5.02 Å². The zero-order chi connectivity index (χ0) is 20.7. The van der Waals surface area contributed by atoms with Crippen LogP contribution in [-0.4, -0.2) is 40.5 Å². The molecule has 9 heteroatoms. The van der Waals surface area contributed by atoms with E-state index in [1.165, 1.54) is 19.2 Å². The third-order valence-corrected chi connectivity index (χ3v) is 5.95. The molecule has 0 aliphatic heterocycles. The van der Waals surface area contributed by atoms with Crippen LogP contribution in [0.3, 0.4) is 0 Å². The summed E-state index contributed by atoms with van der Waals surface area (Å²) in [6.07, 6.45) is 0.750. The Labute approximate surface area is 169 Å². The Hall–Kier alpha value is -2.58. The first-order valence-corrected chi connectivity index (χ1v) is 10.4. The number of benzene rings is 2. The van der Waals surface area contributed by atoms with Crippen LogP contribution in [0, 0.1) is 0 Å². The van der Waals surface area contributed by atoms with E-state index in [-0.39, 0.29) is 15.5 Å². The summed E-state index contributed by atoms with van der Waals surface area (Å²) < 4.78 is 31.8. The number of nitrogens with zero attached hydrogens (tertiary/aromatic N) is 1. The van der Waals surface area contributed by atoms with E-state index in [2.05, 4.69) is 5.32 Å². The van der Waals surface area contributed by atoms with E-state index in [1.54, 1.807) is 30.3 Å². The van der Waals surface area contributed by atoms with E-state index in [9.17, 15) is 18.0 Å². The van der Waals surface area contributed by atoms with E-state index in [0.29, 0.717) is 12.2 Å². The zero-order valence-electron chi connectivity index (χ0n) is 15.5. The number of ether oxygens (including phenoxy) is 1.